The van der Waals surface area contributed by atoms with Crippen LogP contribution in [0.3, 0.4) is 0 Å². The molecule has 2 aromatic carbocycles. The lowest BCUT2D eigenvalue weighted by molar-refractivity contribution is 0.186. The van der Waals surface area contributed by atoms with Crippen LogP contribution in [0.1, 0.15) is 11.6 Å². The van der Waals surface area contributed by atoms with Gasteiger partial charge in [-0.1, -0.05) is 12.1 Å². The number of likely N-dealkylation sites (tertiary alicyclic amines) is 1. The van der Waals surface area contributed by atoms with Crippen molar-refractivity contribution in [3.8, 4) is 33.9 Å². The molecule has 0 atom stereocenters. The van der Waals surface area contributed by atoms with Gasteiger partial charge in [0.15, 0.2) is 0 Å². The third-order valence-corrected chi connectivity index (χ3v) is 5.69. The number of benzene rings is 2. The van der Waals surface area contributed by atoms with Crippen molar-refractivity contribution in [3.63, 3.8) is 0 Å². The quantitative estimate of drug-likeness (QED) is 0.565. The highest BCUT2D eigenvalue weighted by atomic mass is 16.5. The highest BCUT2D eigenvalue weighted by Gasteiger charge is 2.26. The lowest BCUT2D eigenvalue weighted by Crippen LogP contribution is -2.42. The van der Waals surface area contributed by atoms with Gasteiger partial charge in [-0.2, -0.15) is 15.3 Å². The molecule has 1 fully saturated rings. The van der Waals surface area contributed by atoms with Crippen molar-refractivity contribution in [2.75, 3.05) is 27.2 Å². The summed E-state index contributed by atoms with van der Waals surface area (Å²) >= 11 is 0. The largest absolute Gasteiger partial charge is 0.507 e. The maximum atomic E-state index is 10.7. The van der Waals surface area contributed by atoms with E-state index in [1.54, 1.807) is 17.9 Å². The monoisotopic (exact) mass is 401 g/mol. The Kier molecular flexibility index (Phi) is 4.40. The van der Waals surface area contributed by atoms with E-state index in [1.165, 1.54) is 0 Å². The zero-order valence-corrected chi connectivity index (χ0v) is 17.2. The van der Waals surface area contributed by atoms with Gasteiger partial charge < -0.3 is 14.7 Å². The van der Waals surface area contributed by atoms with Gasteiger partial charge in [-0.3, -0.25) is 4.68 Å². The molecule has 5 rings (SSSR count). The molecule has 4 aromatic rings. The van der Waals surface area contributed by atoms with Crippen LogP contribution >= 0.6 is 0 Å². The number of methoxy groups -OCH3 is 1. The van der Waals surface area contributed by atoms with Crippen LogP contribution in [0, 0.1) is 0 Å². The van der Waals surface area contributed by atoms with E-state index in [4.69, 9.17) is 4.74 Å². The fraction of sp³-hybridized carbons (Fsp3) is 0.261. The van der Waals surface area contributed by atoms with Crippen molar-refractivity contribution in [3.05, 3.63) is 54.4 Å². The van der Waals surface area contributed by atoms with Crippen LogP contribution in [0.15, 0.2) is 48.7 Å². The molecule has 1 saturated heterocycles. The predicted molar refractivity (Wildman–Crippen MR) is 116 cm³/mol. The second kappa shape index (κ2) is 7.11. The fourth-order valence-corrected chi connectivity index (χ4v) is 4.16. The number of likely N-dealkylation sites (N-methyl/N-ethyl adjacent to an activating group) is 1. The zero-order chi connectivity index (χ0) is 20.8. The van der Waals surface area contributed by atoms with Gasteiger partial charge in [0.1, 0.15) is 17.0 Å². The Morgan fingerprint density at radius 1 is 1.07 bits per heavy atom. The Morgan fingerprint density at radius 3 is 2.60 bits per heavy atom. The van der Waals surface area contributed by atoms with Crippen LogP contribution in [-0.4, -0.2) is 57.2 Å². The third kappa shape index (κ3) is 3.07. The Morgan fingerprint density at radius 2 is 1.90 bits per heavy atom. The minimum absolute atomic E-state index is 0.170. The molecule has 1 aliphatic heterocycles. The van der Waals surface area contributed by atoms with E-state index < -0.39 is 0 Å². The first-order chi connectivity index (χ1) is 14.5. The molecule has 0 saturated carbocycles. The summed E-state index contributed by atoms with van der Waals surface area (Å²) in [5.74, 6) is 1.29. The highest BCUT2D eigenvalue weighted by molar-refractivity contribution is 5.94. The van der Waals surface area contributed by atoms with Gasteiger partial charge in [0.05, 0.1) is 24.1 Å². The fourth-order valence-electron chi connectivity index (χ4n) is 4.16. The summed E-state index contributed by atoms with van der Waals surface area (Å²) in [6, 6.07) is 13.4. The van der Waals surface area contributed by atoms with E-state index in [-0.39, 0.29) is 5.75 Å². The van der Waals surface area contributed by atoms with E-state index in [9.17, 15) is 5.11 Å². The molecule has 0 radical (unpaired) electrons. The number of nitrogens with zero attached hydrogens (tertiary/aromatic N) is 5. The molecule has 0 amide bonds. The molecule has 152 valence electrons. The number of phenolic OH excluding ortho intramolecular Hbond substituents is 1. The molecule has 0 aliphatic carbocycles. The van der Waals surface area contributed by atoms with Crippen molar-refractivity contribution in [1.29, 1.82) is 0 Å². The Hall–Kier alpha value is -3.45. The molecule has 7 heteroatoms. The number of aromatic nitrogens is 4. The smallest absolute Gasteiger partial charge is 0.147 e. The van der Waals surface area contributed by atoms with Crippen molar-refractivity contribution in [1.82, 2.24) is 24.9 Å². The van der Waals surface area contributed by atoms with Crippen LogP contribution in [0.25, 0.3) is 33.3 Å². The maximum Gasteiger partial charge on any atom is 0.147 e. The van der Waals surface area contributed by atoms with Crippen molar-refractivity contribution in [2.45, 2.75) is 5.92 Å². The van der Waals surface area contributed by atoms with Gasteiger partial charge in [-0.15, -0.1) is 0 Å². The predicted octanol–water partition coefficient (Wildman–Crippen LogP) is 3.44. The lowest BCUT2D eigenvalue weighted by atomic mass is 9.94. The molecule has 1 aliphatic rings. The summed E-state index contributed by atoms with van der Waals surface area (Å²) in [5, 5.41) is 25.1. The first-order valence-corrected chi connectivity index (χ1v) is 9.90. The summed E-state index contributed by atoms with van der Waals surface area (Å²) in [7, 11) is 5.62. The Balaban J connectivity index is 1.61. The van der Waals surface area contributed by atoms with Crippen LogP contribution in [0.2, 0.25) is 0 Å². The molecule has 0 unspecified atom stereocenters. The number of hydrogen-bond donors (Lipinski definition) is 1. The van der Waals surface area contributed by atoms with Crippen LogP contribution in [0.4, 0.5) is 0 Å². The average molecular weight is 401 g/mol. The van der Waals surface area contributed by atoms with Crippen molar-refractivity contribution >= 4 is 10.9 Å². The second-order valence-electron chi connectivity index (χ2n) is 7.88. The summed E-state index contributed by atoms with van der Waals surface area (Å²) in [6.07, 6.45) is 1.95. The summed E-state index contributed by atoms with van der Waals surface area (Å²) < 4.78 is 7.34. The first-order valence-electron chi connectivity index (χ1n) is 9.90. The Bertz CT molecular complexity index is 1230. The topological polar surface area (TPSA) is 76.3 Å². The SMILES string of the molecule is COc1cc(-c2cccc(O)c2-c2ccc(C3CN(C)C3)nn2)cc2cn(C)nc12. The zero-order valence-electron chi connectivity index (χ0n) is 17.2. The number of hydrogen-bond acceptors (Lipinski definition) is 6. The third-order valence-electron chi connectivity index (χ3n) is 5.69. The number of aromatic hydroxyl groups is 1. The first kappa shape index (κ1) is 18.6. The van der Waals surface area contributed by atoms with E-state index in [1.807, 2.05) is 43.6 Å². The molecule has 3 heterocycles. The summed E-state index contributed by atoms with van der Waals surface area (Å²) in [4.78, 5) is 2.25. The molecule has 0 bridgehead atoms. The van der Waals surface area contributed by atoms with Gasteiger partial charge in [0.25, 0.3) is 0 Å². The molecular weight excluding hydrogens is 378 g/mol. The van der Waals surface area contributed by atoms with Gasteiger partial charge >= 0.3 is 0 Å². The van der Waals surface area contributed by atoms with Crippen molar-refractivity contribution < 1.29 is 9.84 Å². The Labute approximate surface area is 174 Å². The average Bonchev–Trinajstić information content (AvgIpc) is 3.11. The lowest BCUT2D eigenvalue weighted by Gasteiger charge is -2.35. The molecular formula is C23H23N5O2. The minimum atomic E-state index is 0.170. The number of fused-ring (bicyclic) bond motifs is 1. The molecule has 30 heavy (non-hydrogen) atoms. The summed E-state index contributed by atoms with van der Waals surface area (Å²) in [6.45, 7) is 2.00. The summed E-state index contributed by atoms with van der Waals surface area (Å²) in [5.41, 5.74) is 4.89. The van der Waals surface area contributed by atoms with E-state index in [0.717, 1.165) is 40.8 Å². The van der Waals surface area contributed by atoms with Crippen LogP contribution in [-0.2, 0) is 7.05 Å². The molecule has 1 N–H and O–H groups in total. The molecule has 0 spiro atoms. The van der Waals surface area contributed by atoms with Crippen LogP contribution in [0.5, 0.6) is 11.5 Å². The second-order valence-corrected chi connectivity index (χ2v) is 7.88. The van der Waals surface area contributed by atoms with Gasteiger partial charge in [0.2, 0.25) is 0 Å². The maximum absolute atomic E-state index is 10.7. The number of phenols is 1. The van der Waals surface area contributed by atoms with Gasteiger partial charge in [-0.05, 0) is 48.5 Å². The standard InChI is InChI=1S/C23H23N5O2/c1-27-11-16(12-27)18-7-8-19(25-24-18)22-17(5-4-6-20(22)29)14-9-15-13-28(2)26-23(15)21(10-14)30-3/h4-10,13,16,29H,11-12H2,1-3H3. The number of rotatable bonds is 4. The van der Waals surface area contributed by atoms with E-state index >= 15 is 0 Å². The molecule has 2 aromatic heterocycles. The van der Waals surface area contributed by atoms with E-state index in [0.29, 0.717) is 22.9 Å². The van der Waals surface area contributed by atoms with Gasteiger partial charge in [0, 0.05) is 37.6 Å². The van der Waals surface area contributed by atoms with Gasteiger partial charge in [-0.25, -0.2) is 0 Å². The van der Waals surface area contributed by atoms with Crippen LogP contribution < -0.4 is 4.74 Å². The van der Waals surface area contributed by atoms with E-state index in [2.05, 4.69) is 33.3 Å². The van der Waals surface area contributed by atoms with Crippen molar-refractivity contribution in [2.24, 2.45) is 7.05 Å². The minimum Gasteiger partial charge on any atom is -0.507 e. The normalized spacial score (nSPS) is 14.8. The highest BCUT2D eigenvalue weighted by Crippen LogP contribution is 2.40. The number of ether oxygens (including phenoxy) is 1. The number of aryl methyl sites for hydroxylation is 1. The molecule has 7 nitrogen and oxygen atoms in total.